The van der Waals surface area contributed by atoms with Gasteiger partial charge in [-0.25, -0.2) is 4.39 Å². The molecule has 3 N–H and O–H groups in total. The van der Waals surface area contributed by atoms with Crippen LogP contribution in [0.4, 0.5) is 4.39 Å². The van der Waals surface area contributed by atoms with E-state index in [1.54, 1.807) is 7.11 Å². The molecule has 0 heterocycles. The highest BCUT2D eigenvalue weighted by atomic mass is 19.1. The molecule has 21 heavy (non-hydrogen) atoms. The molecule has 0 spiro atoms. The van der Waals surface area contributed by atoms with E-state index < -0.39 is 11.7 Å². The molecule has 0 saturated carbocycles. The van der Waals surface area contributed by atoms with Gasteiger partial charge in [-0.3, -0.25) is 4.79 Å². The van der Waals surface area contributed by atoms with Gasteiger partial charge < -0.3 is 15.8 Å². The van der Waals surface area contributed by atoms with E-state index >= 15 is 0 Å². The summed E-state index contributed by atoms with van der Waals surface area (Å²) in [7, 11) is 1.57. The number of halogens is 1. The van der Waals surface area contributed by atoms with E-state index in [1.165, 1.54) is 18.2 Å². The van der Waals surface area contributed by atoms with Crippen molar-refractivity contribution >= 4 is 5.91 Å². The molecule has 4 nitrogen and oxygen atoms in total. The van der Waals surface area contributed by atoms with Crippen LogP contribution in [0.5, 0.6) is 0 Å². The fourth-order valence-corrected chi connectivity index (χ4v) is 1.94. The number of carbonyl (C=O) groups excluding carboxylic acids is 1. The lowest BCUT2D eigenvalue weighted by Crippen LogP contribution is -2.38. The number of rotatable bonds is 6. The Hall–Kier alpha value is -1.90. The standard InChI is InChI=1S/C16H21FN2O2/c1-3-5-13(11-21-2)19-16(20)14-10-12(6-4-9-18)7-8-15(14)17/h7-8,10,13H,3,5,9,11,18H2,1-2H3,(H,19,20). The minimum Gasteiger partial charge on any atom is -0.383 e. The summed E-state index contributed by atoms with van der Waals surface area (Å²) in [6.45, 7) is 2.62. The number of hydrogen-bond acceptors (Lipinski definition) is 3. The molecular formula is C16H21FN2O2. The molecule has 0 aliphatic heterocycles. The third-order valence-corrected chi connectivity index (χ3v) is 2.89. The van der Waals surface area contributed by atoms with E-state index in [0.29, 0.717) is 12.2 Å². The smallest absolute Gasteiger partial charge is 0.254 e. The fourth-order valence-electron chi connectivity index (χ4n) is 1.94. The van der Waals surface area contributed by atoms with Gasteiger partial charge in [-0.15, -0.1) is 0 Å². The van der Waals surface area contributed by atoms with Crippen LogP contribution in [0, 0.1) is 17.7 Å². The first-order valence-electron chi connectivity index (χ1n) is 6.90. The molecule has 0 saturated heterocycles. The fraction of sp³-hybridized carbons (Fsp3) is 0.438. The number of methoxy groups -OCH3 is 1. The average molecular weight is 292 g/mol. The Morgan fingerprint density at radius 3 is 2.90 bits per heavy atom. The van der Waals surface area contributed by atoms with Crippen molar-refractivity contribution in [2.24, 2.45) is 5.73 Å². The molecule has 0 radical (unpaired) electrons. The van der Waals surface area contributed by atoms with Crippen molar-refractivity contribution in [1.82, 2.24) is 5.32 Å². The van der Waals surface area contributed by atoms with Crippen molar-refractivity contribution in [3.63, 3.8) is 0 Å². The van der Waals surface area contributed by atoms with Crippen molar-refractivity contribution in [3.05, 3.63) is 35.1 Å². The minimum atomic E-state index is -0.571. The number of nitrogens with one attached hydrogen (secondary N) is 1. The zero-order valence-corrected chi connectivity index (χ0v) is 12.4. The lowest BCUT2D eigenvalue weighted by atomic mass is 10.1. The van der Waals surface area contributed by atoms with E-state index in [-0.39, 0.29) is 18.2 Å². The third kappa shape index (κ3) is 5.54. The van der Waals surface area contributed by atoms with Gasteiger partial charge in [-0.1, -0.05) is 25.2 Å². The van der Waals surface area contributed by atoms with Gasteiger partial charge in [0.05, 0.1) is 24.8 Å². The highest BCUT2D eigenvalue weighted by Crippen LogP contribution is 2.11. The molecule has 1 unspecified atom stereocenters. The molecular weight excluding hydrogens is 271 g/mol. The van der Waals surface area contributed by atoms with E-state index in [1.807, 2.05) is 6.92 Å². The van der Waals surface area contributed by atoms with E-state index in [4.69, 9.17) is 10.5 Å². The molecule has 1 rings (SSSR count). The van der Waals surface area contributed by atoms with E-state index in [0.717, 1.165) is 12.8 Å². The third-order valence-electron chi connectivity index (χ3n) is 2.89. The van der Waals surface area contributed by atoms with Crippen LogP contribution in [0.3, 0.4) is 0 Å². The maximum atomic E-state index is 13.8. The molecule has 1 atom stereocenters. The summed E-state index contributed by atoms with van der Waals surface area (Å²) >= 11 is 0. The summed E-state index contributed by atoms with van der Waals surface area (Å²) in [5.41, 5.74) is 5.84. The summed E-state index contributed by atoms with van der Waals surface area (Å²) in [5.74, 6) is 4.43. The molecule has 0 bridgehead atoms. The Kier molecular flexibility index (Phi) is 7.44. The molecule has 0 fully saturated rings. The van der Waals surface area contributed by atoms with E-state index in [9.17, 15) is 9.18 Å². The number of ether oxygens (including phenoxy) is 1. The zero-order chi connectivity index (χ0) is 15.7. The van der Waals surface area contributed by atoms with Gasteiger partial charge in [-0.2, -0.15) is 0 Å². The largest absolute Gasteiger partial charge is 0.383 e. The highest BCUT2D eigenvalue weighted by molar-refractivity contribution is 5.95. The van der Waals surface area contributed by atoms with Crippen molar-refractivity contribution in [2.75, 3.05) is 20.3 Å². The van der Waals surface area contributed by atoms with Gasteiger partial charge in [0.1, 0.15) is 5.82 Å². The Balaban J connectivity index is 2.89. The van der Waals surface area contributed by atoms with Crippen LogP contribution >= 0.6 is 0 Å². The highest BCUT2D eigenvalue weighted by Gasteiger charge is 2.16. The Labute approximate surface area is 124 Å². The Morgan fingerprint density at radius 1 is 1.52 bits per heavy atom. The van der Waals surface area contributed by atoms with Crippen LogP contribution in [0.15, 0.2) is 18.2 Å². The Morgan fingerprint density at radius 2 is 2.29 bits per heavy atom. The van der Waals surface area contributed by atoms with Crippen LogP contribution in [0.1, 0.15) is 35.7 Å². The zero-order valence-electron chi connectivity index (χ0n) is 12.4. The van der Waals surface area contributed by atoms with Gasteiger partial charge in [0.15, 0.2) is 0 Å². The van der Waals surface area contributed by atoms with Crippen molar-refractivity contribution in [3.8, 4) is 11.8 Å². The van der Waals surface area contributed by atoms with Gasteiger partial charge in [0, 0.05) is 12.7 Å². The number of nitrogens with two attached hydrogens (primary N) is 1. The molecule has 1 amide bonds. The predicted octanol–water partition coefficient (Wildman–Crippen LogP) is 1.68. The second-order valence-corrected chi connectivity index (χ2v) is 4.61. The molecule has 1 aromatic rings. The van der Waals surface area contributed by atoms with Crippen molar-refractivity contribution in [1.29, 1.82) is 0 Å². The van der Waals surface area contributed by atoms with Gasteiger partial charge in [0.25, 0.3) is 5.91 Å². The molecule has 1 aromatic carbocycles. The van der Waals surface area contributed by atoms with Crippen LogP contribution in [0.2, 0.25) is 0 Å². The van der Waals surface area contributed by atoms with Crippen molar-refractivity contribution in [2.45, 2.75) is 25.8 Å². The monoisotopic (exact) mass is 292 g/mol. The topological polar surface area (TPSA) is 64.3 Å². The molecule has 0 aliphatic rings. The SMILES string of the molecule is CCCC(COC)NC(=O)c1cc(C#CCN)ccc1F. The summed E-state index contributed by atoms with van der Waals surface area (Å²) in [6.07, 6.45) is 1.67. The van der Waals surface area contributed by atoms with Crippen LogP contribution in [-0.2, 0) is 4.74 Å². The first-order chi connectivity index (χ1) is 10.1. The lowest BCUT2D eigenvalue weighted by Gasteiger charge is -2.17. The first kappa shape index (κ1) is 17.2. The first-order valence-corrected chi connectivity index (χ1v) is 6.90. The predicted molar refractivity (Wildman–Crippen MR) is 80.4 cm³/mol. The van der Waals surface area contributed by atoms with E-state index in [2.05, 4.69) is 17.2 Å². The number of benzene rings is 1. The van der Waals surface area contributed by atoms with Gasteiger partial charge >= 0.3 is 0 Å². The second-order valence-electron chi connectivity index (χ2n) is 4.61. The molecule has 114 valence electrons. The summed E-state index contributed by atoms with van der Waals surface area (Å²) in [4.78, 5) is 12.2. The number of hydrogen-bond donors (Lipinski definition) is 2. The quantitative estimate of drug-likeness (QED) is 0.784. The van der Waals surface area contributed by atoms with Crippen LogP contribution in [-0.4, -0.2) is 32.2 Å². The summed E-state index contributed by atoms with van der Waals surface area (Å²) in [6, 6.07) is 4.06. The maximum Gasteiger partial charge on any atom is 0.254 e. The number of amides is 1. The van der Waals surface area contributed by atoms with Crippen molar-refractivity contribution < 1.29 is 13.9 Å². The normalized spacial score (nSPS) is 11.4. The average Bonchev–Trinajstić information content (AvgIpc) is 2.46. The number of carbonyl (C=O) groups is 1. The summed E-state index contributed by atoms with van der Waals surface area (Å²) in [5, 5.41) is 2.78. The molecule has 0 aliphatic carbocycles. The molecule has 5 heteroatoms. The maximum absolute atomic E-state index is 13.8. The molecule has 0 aromatic heterocycles. The second kappa shape index (κ2) is 9.11. The van der Waals surface area contributed by atoms with Crippen LogP contribution in [0.25, 0.3) is 0 Å². The summed E-state index contributed by atoms with van der Waals surface area (Å²) < 4.78 is 18.9. The van der Waals surface area contributed by atoms with Gasteiger partial charge in [0.2, 0.25) is 0 Å². The minimum absolute atomic E-state index is 0.0176. The lowest BCUT2D eigenvalue weighted by molar-refractivity contribution is 0.0887. The van der Waals surface area contributed by atoms with Crippen LogP contribution < -0.4 is 11.1 Å². The van der Waals surface area contributed by atoms with Gasteiger partial charge in [-0.05, 0) is 24.6 Å². The Bertz CT molecular complexity index is 529.